The van der Waals surface area contributed by atoms with Crippen LogP contribution < -0.4 is 15.9 Å². The zero-order valence-corrected chi connectivity index (χ0v) is 16.3. The van der Waals surface area contributed by atoms with Gasteiger partial charge in [0.1, 0.15) is 0 Å². The van der Waals surface area contributed by atoms with Crippen molar-refractivity contribution in [1.82, 2.24) is 15.6 Å². The van der Waals surface area contributed by atoms with Crippen LogP contribution in [0.1, 0.15) is 42.2 Å². The third-order valence-corrected chi connectivity index (χ3v) is 5.24. The van der Waals surface area contributed by atoms with Crippen molar-refractivity contribution in [2.24, 2.45) is 5.10 Å². The normalized spacial score (nSPS) is 14.8. The average Bonchev–Trinajstić information content (AvgIpc) is 2.78. The van der Waals surface area contributed by atoms with Gasteiger partial charge in [-0.2, -0.15) is 10.2 Å². The van der Waals surface area contributed by atoms with Gasteiger partial charge in [-0.05, 0) is 49.9 Å². The van der Waals surface area contributed by atoms with E-state index in [9.17, 15) is 9.59 Å². The summed E-state index contributed by atoms with van der Waals surface area (Å²) < 4.78 is 0. The molecule has 4 rings (SSSR count). The first kappa shape index (κ1) is 18.9. The van der Waals surface area contributed by atoms with Gasteiger partial charge in [0.15, 0.2) is 5.69 Å². The molecule has 1 aliphatic heterocycles. The second-order valence-electron chi connectivity index (χ2n) is 7.18. The highest BCUT2D eigenvalue weighted by Gasteiger charge is 2.14. The molecule has 0 aliphatic carbocycles. The maximum atomic E-state index is 12.6. The van der Waals surface area contributed by atoms with E-state index in [1.54, 1.807) is 24.3 Å². The smallest absolute Gasteiger partial charge is 0.292 e. The summed E-state index contributed by atoms with van der Waals surface area (Å²) in [5.41, 5.74) is 5.19. The molecule has 1 aliphatic rings. The molecule has 148 valence electrons. The number of aromatic nitrogens is 2. The van der Waals surface area contributed by atoms with Crippen molar-refractivity contribution in [1.29, 1.82) is 0 Å². The Morgan fingerprint density at radius 3 is 2.45 bits per heavy atom. The maximum Gasteiger partial charge on any atom is 0.292 e. The molecular formula is C22H23N5O2. The number of benzene rings is 2. The minimum atomic E-state index is -0.471. The van der Waals surface area contributed by atoms with E-state index in [4.69, 9.17) is 0 Å². The Morgan fingerprint density at radius 1 is 1.03 bits per heavy atom. The number of anilines is 1. The highest BCUT2D eigenvalue weighted by molar-refractivity contribution is 6.06. The first-order valence-electron chi connectivity index (χ1n) is 9.81. The van der Waals surface area contributed by atoms with Crippen LogP contribution in [0, 0.1) is 0 Å². The molecule has 2 heterocycles. The molecule has 0 radical (unpaired) electrons. The van der Waals surface area contributed by atoms with Gasteiger partial charge in [-0.15, -0.1) is 0 Å². The summed E-state index contributed by atoms with van der Waals surface area (Å²) >= 11 is 0. The van der Waals surface area contributed by atoms with E-state index in [2.05, 4.69) is 37.8 Å². The molecule has 2 aromatic carbocycles. The average molecular weight is 389 g/mol. The van der Waals surface area contributed by atoms with Crippen LogP contribution >= 0.6 is 0 Å². The number of piperidine rings is 1. The Morgan fingerprint density at radius 2 is 1.72 bits per heavy atom. The predicted octanol–water partition coefficient (Wildman–Crippen LogP) is 3.07. The van der Waals surface area contributed by atoms with Crippen LogP contribution in [0.15, 0.2) is 58.4 Å². The van der Waals surface area contributed by atoms with E-state index in [1.807, 2.05) is 19.1 Å². The predicted molar refractivity (Wildman–Crippen MR) is 115 cm³/mol. The van der Waals surface area contributed by atoms with Gasteiger partial charge >= 0.3 is 0 Å². The van der Waals surface area contributed by atoms with Crippen molar-refractivity contribution >= 4 is 28.1 Å². The summed E-state index contributed by atoms with van der Waals surface area (Å²) in [7, 11) is 0. The number of hydrazone groups is 1. The quantitative estimate of drug-likeness (QED) is 0.530. The molecule has 29 heavy (non-hydrogen) atoms. The molecule has 1 saturated heterocycles. The zero-order valence-electron chi connectivity index (χ0n) is 16.3. The number of nitrogens with one attached hydrogen (secondary N) is 2. The molecule has 1 amide bonds. The van der Waals surface area contributed by atoms with E-state index in [0.29, 0.717) is 16.5 Å². The van der Waals surface area contributed by atoms with Gasteiger partial charge in [-0.1, -0.05) is 30.3 Å². The summed E-state index contributed by atoms with van der Waals surface area (Å²) in [5.74, 6) is -0.471. The first-order valence-corrected chi connectivity index (χ1v) is 9.81. The molecule has 0 saturated carbocycles. The lowest BCUT2D eigenvalue weighted by molar-refractivity contribution is 0.0950. The van der Waals surface area contributed by atoms with Crippen LogP contribution in [0.2, 0.25) is 0 Å². The Hall–Kier alpha value is -3.48. The molecule has 1 fully saturated rings. The summed E-state index contributed by atoms with van der Waals surface area (Å²) in [4.78, 5) is 26.8. The number of rotatable bonds is 4. The third kappa shape index (κ3) is 4.03. The lowest BCUT2D eigenvalue weighted by Crippen LogP contribution is -2.29. The zero-order chi connectivity index (χ0) is 20.2. The number of hydrogen-bond acceptors (Lipinski definition) is 5. The van der Waals surface area contributed by atoms with Crippen molar-refractivity contribution < 1.29 is 4.79 Å². The van der Waals surface area contributed by atoms with Gasteiger partial charge in [0.25, 0.3) is 11.5 Å². The highest BCUT2D eigenvalue weighted by Crippen LogP contribution is 2.20. The molecule has 0 spiro atoms. The second-order valence-corrected chi connectivity index (χ2v) is 7.18. The summed E-state index contributed by atoms with van der Waals surface area (Å²) in [5, 5.41) is 11.4. The fourth-order valence-electron chi connectivity index (χ4n) is 3.61. The summed E-state index contributed by atoms with van der Waals surface area (Å²) in [6.45, 7) is 4.04. The molecule has 7 heteroatoms. The van der Waals surface area contributed by atoms with Crippen LogP contribution in [0.5, 0.6) is 0 Å². The molecule has 1 aromatic heterocycles. The molecule has 0 atom stereocenters. The fraction of sp³-hybridized carbons (Fsp3) is 0.273. The monoisotopic (exact) mass is 389 g/mol. The fourth-order valence-corrected chi connectivity index (χ4v) is 3.61. The Labute approximate surface area is 168 Å². The number of amides is 1. The van der Waals surface area contributed by atoms with Crippen molar-refractivity contribution in [3.8, 4) is 0 Å². The number of hydrogen-bond donors (Lipinski definition) is 2. The lowest BCUT2D eigenvalue weighted by atomic mass is 10.1. The van der Waals surface area contributed by atoms with Gasteiger partial charge in [0.2, 0.25) is 0 Å². The van der Waals surface area contributed by atoms with Crippen LogP contribution in [-0.2, 0) is 0 Å². The second kappa shape index (κ2) is 8.26. The molecule has 2 N–H and O–H groups in total. The van der Waals surface area contributed by atoms with Crippen molar-refractivity contribution in [3.63, 3.8) is 0 Å². The van der Waals surface area contributed by atoms with Gasteiger partial charge < -0.3 is 4.90 Å². The topological polar surface area (TPSA) is 90.5 Å². The van der Waals surface area contributed by atoms with Gasteiger partial charge in [-0.25, -0.2) is 10.5 Å². The molecular weight excluding hydrogens is 366 g/mol. The maximum absolute atomic E-state index is 12.6. The van der Waals surface area contributed by atoms with E-state index >= 15 is 0 Å². The first-order chi connectivity index (χ1) is 14.1. The van der Waals surface area contributed by atoms with Gasteiger partial charge in [0, 0.05) is 24.2 Å². The number of fused-ring (bicyclic) bond motifs is 1. The van der Waals surface area contributed by atoms with Gasteiger partial charge in [-0.3, -0.25) is 9.59 Å². The van der Waals surface area contributed by atoms with Crippen molar-refractivity contribution in [2.75, 3.05) is 18.0 Å². The summed E-state index contributed by atoms with van der Waals surface area (Å²) in [6, 6.07) is 15.1. The third-order valence-electron chi connectivity index (χ3n) is 5.24. The van der Waals surface area contributed by atoms with Crippen LogP contribution in [-0.4, -0.2) is 34.9 Å². The standard InChI is InChI=1S/C22H23N5O2/c1-15(16-9-11-17(12-10-16)27-13-5-2-6-14-27)23-26-22(29)20-18-7-3-4-8-19(18)21(28)25-24-20/h3-4,7-12H,2,5-6,13-14H2,1H3,(H,25,28)(H,26,29)/b23-15-. The lowest BCUT2D eigenvalue weighted by Gasteiger charge is -2.28. The SMILES string of the molecule is C/C(=N/NC(=O)c1n[nH]c(=O)c2ccccc12)c1ccc(N2CCCCC2)cc1. The number of nitrogens with zero attached hydrogens (tertiary/aromatic N) is 3. The molecule has 0 unspecified atom stereocenters. The minimum Gasteiger partial charge on any atom is -0.372 e. The van der Waals surface area contributed by atoms with E-state index in [1.165, 1.54) is 24.9 Å². The molecule has 3 aromatic rings. The van der Waals surface area contributed by atoms with Crippen molar-refractivity contribution in [2.45, 2.75) is 26.2 Å². The number of carbonyl (C=O) groups is 1. The Bertz CT molecular complexity index is 1110. The van der Waals surface area contributed by atoms with Gasteiger partial charge in [0.05, 0.1) is 11.1 Å². The van der Waals surface area contributed by atoms with Crippen LogP contribution in [0.3, 0.4) is 0 Å². The van der Waals surface area contributed by atoms with Crippen LogP contribution in [0.4, 0.5) is 5.69 Å². The van der Waals surface area contributed by atoms with Crippen molar-refractivity contribution in [3.05, 3.63) is 70.1 Å². The number of carbonyl (C=O) groups excluding carboxylic acids is 1. The minimum absolute atomic E-state index is 0.136. The Balaban J connectivity index is 1.49. The number of aromatic amines is 1. The largest absolute Gasteiger partial charge is 0.372 e. The van der Waals surface area contributed by atoms with Crippen LogP contribution in [0.25, 0.3) is 10.8 Å². The molecule has 7 nitrogen and oxygen atoms in total. The summed E-state index contributed by atoms with van der Waals surface area (Å²) in [6.07, 6.45) is 3.78. The highest BCUT2D eigenvalue weighted by atomic mass is 16.2. The van der Waals surface area contributed by atoms with E-state index in [-0.39, 0.29) is 11.3 Å². The van der Waals surface area contributed by atoms with E-state index < -0.39 is 5.91 Å². The Kier molecular flexibility index (Phi) is 5.37. The van der Waals surface area contributed by atoms with E-state index in [0.717, 1.165) is 18.7 Å². The molecule has 0 bridgehead atoms. The number of H-pyrrole nitrogens is 1.